The van der Waals surface area contributed by atoms with E-state index in [0.29, 0.717) is 13.0 Å². The third kappa shape index (κ3) is 2.73. The maximum absolute atomic E-state index is 12.1. The molecular weight excluding hydrogens is 254 g/mol. The molecule has 6 heteroatoms. The normalized spacial score (nSPS) is 20.9. The molecule has 20 heavy (non-hydrogen) atoms. The fourth-order valence-electron chi connectivity index (χ4n) is 3.35. The van der Waals surface area contributed by atoms with E-state index in [1.54, 1.807) is 0 Å². The molecule has 0 atom stereocenters. The van der Waals surface area contributed by atoms with E-state index in [9.17, 15) is 4.79 Å². The number of carbonyl (C=O) groups excluding carboxylic acids is 1. The van der Waals surface area contributed by atoms with Crippen molar-refractivity contribution in [3.05, 3.63) is 17.5 Å². The topological polar surface area (TPSA) is 83.6 Å². The van der Waals surface area contributed by atoms with Crippen LogP contribution < -0.4 is 5.32 Å². The number of nitrogens with zero attached hydrogens (tertiary/aromatic N) is 3. The van der Waals surface area contributed by atoms with Crippen molar-refractivity contribution in [1.29, 1.82) is 0 Å². The number of H-pyrrole nitrogens is 1. The predicted molar refractivity (Wildman–Crippen MR) is 73.9 cm³/mol. The molecule has 0 bridgehead atoms. The number of aromatic nitrogens is 4. The fraction of sp³-hybridized carbons (Fsp3) is 0.714. The summed E-state index contributed by atoms with van der Waals surface area (Å²) in [5, 5.41) is 17.6. The number of carbonyl (C=O) groups is 1. The van der Waals surface area contributed by atoms with E-state index in [0.717, 1.165) is 44.3 Å². The molecule has 1 heterocycles. The zero-order chi connectivity index (χ0) is 13.8. The minimum absolute atomic E-state index is 0.118. The Morgan fingerprint density at radius 1 is 1.35 bits per heavy atom. The summed E-state index contributed by atoms with van der Waals surface area (Å²) in [6.07, 6.45) is 10.5. The second-order valence-electron chi connectivity index (χ2n) is 5.93. The zero-order valence-electron chi connectivity index (χ0n) is 11.7. The van der Waals surface area contributed by atoms with Gasteiger partial charge in [-0.3, -0.25) is 4.79 Å². The Morgan fingerprint density at radius 2 is 2.20 bits per heavy atom. The molecule has 1 aromatic rings. The quantitative estimate of drug-likeness (QED) is 0.800. The Morgan fingerprint density at radius 3 is 2.85 bits per heavy atom. The molecular formula is C14H21N5O. The Balaban J connectivity index is 1.59. The Labute approximate surface area is 118 Å². The molecule has 0 saturated heterocycles. The van der Waals surface area contributed by atoms with Crippen LogP contribution in [0.25, 0.3) is 0 Å². The molecule has 2 N–H and O–H groups in total. The summed E-state index contributed by atoms with van der Waals surface area (Å²) >= 11 is 0. The zero-order valence-corrected chi connectivity index (χ0v) is 11.7. The van der Waals surface area contributed by atoms with Crippen molar-refractivity contribution in [3.63, 3.8) is 0 Å². The summed E-state index contributed by atoms with van der Waals surface area (Å²) in [4.78, 5) is 12.1. The van der Waals surface area contributed by atoms with Crippen LogP contribution in [0.4, 0.5) is 0 Å². The van der Waals surface area contributed by atoms with Gasteiger partial charge in [-0.1, -0.05) is 29.7 Å². The van der Waals surface area contributed by atoms with Crippen molar-refractivity contribution in [2.75, 3.05) is 6.54 Å². The summed E-state index contributed by atoms with van der Waals surface area (Å²) < 4.78 is 0. The molecule has 0 spiro atoms. The van der Waals surface area contributed by atoms with E-state index in [1.807, 2.05) is 0 Å². The van der Waals surface area contributed by atoms with Crippen LogP contribution in [-0.2, 0) is 10.2 Å². The molecule has 1 fully saturated rings. The first-order valence-corrected chi connectivity index (χ1v) is 7.47. The lowest BCUT2D eigenvalue weighted by Crippen LogP contribution is -2.39. The fourth-order valence-corrected chi connectivity index (χ4v) is 3.35. The van der Waals surface area contributed by atoms with Crippen molar-refractivity contribution in [3.8, 4) is 0 Å². The third-order valence-corrected chi connectivity index (χ3v) is 4.53. The molecule has 0 unspecified atom stereocenters. The van der Waals surface area contributed by atoms with Crippen LogP contribution in [0.2, 0.25) is 0 Å². The largest absolute Gasteiger partial charge is 0.355 e. The van der Waals surface area contributed by atoms with Crippen molar-refractivity contribution >= 4 is 5.91 Å². The Bertz CT molecular complexity index is 488. The Kier molecular flexibility index (Phi) is 3.80. The Hall–Kier alpha value is -1.72. The summed E-state index contributed by atoms with van der Waals surface area (Å²) in [6.45, 7) is 0.624. The number of allylic oxidation sites excluding steroid dienone is 1. The lowest BCUT2D eigenvalue weighted by molar-refractivity contribution is -0.120. The first-order chi connectivity index (χ1) is 9.78. The predicted octanol–water partition coefficient (Wildman–Crippen LogP) is 1.63. The number of aromatic amines is 1. The van der Waals surface area contributed by atoms with Crippen molar-refractivity contribution in [2.45, 2.75) is 56.8 Å². The van der Waals surface area contributed by atoms with Gasteiger partial charge in [-0.15, -0.1) is 10.2 Å². The van der Waals surface area contributed by atoms with Crippen LogP contribution in [0.15, 0.2) is 11.6 Å². The van der Waals surface area contributed by atoms with Crippen molar-refractivity contribution in [2.24, 2.45) is 0 Å². The minimum atomic E-state index is -0.118. The number of amides is 1. The molecule has 1 aromatic heterocycles. The highest BCUT2D eigenvalue weighted by molar-refractivity contribution is 5.78. The second kappa shape index (κ2) is 5.73. The number of rotatable bonds is 5. The molecule has 0 aromatic carbocycles. The number of nitrogens with one attached hydrogen (secondary N) is 2. The first-order valence-electron chi connectivity index (χ1n) is 7.47. The summed E-state index contributed by atoms with van der Waals surface area (Å²) in [5.41, 5.74) is 1.16. The highest BCUT2D eigenvalue weighted by Crippen LogP contribution is 2.38. The average molecular weight is 275 g/mol. The van der Waals surface area contributed by atoms with E-state index in [4.69, 9.17) is 0 Å². The number of hydrogen-bond acceptors (Lipinski definition) is 4. The van der Waals surface area contributed by atoms with Gasteiger partial charge in [0.15, 0.2) is 5.82 Å². The van der Waals surface area contributed by atoms with Crippen molar-refractivity contribution < 1.29 is 4.79 Å². The van der Waals surface area contributed by atoms with E-state index in [-0.39, 0.29) is 11.3 Å². The second-order valence-corrected chi connectivity index (χ2v) is 5.93. The summed E-state index contributed by atoms with van der Waals surface area (Å²) in [5.74, 6) is 0.864. The lowest BCUT2D eigenvalue weighted by atomic mass is 9.85. The van der Waals surface area contributed by atoms with Crippen LogP contribution in [0.5, 0.6) is 0 Å². The highest BCUT2D eigenvalue weighted by atomic mass is 16.1. The molecule has 1 amide bonds. The van der Waals surface area contributed by atoms with Crippen LogP contribution in [0, 0.1) is 0 Å². The molecule has 108 valence electrons. The van der Waals surface area contributed by atoms with Gasteiger partial charge in [0.2, 0.25) is 5.91 Å². The van der Waals surface area contributed by atoms with Crippen molar-refractivity contribution in [1.82, 2.24) is 25.9 Å². The van der Waals surface area contributed by atoms with Gasteiger partial charge in [-0.2, -0.15) is 5.21 Å². The van der Waals surface area contributed by atoms with Gasteiger partial charge >= 0.3 is 0 Å². The maximum atomic E-state index is 12.1. The van der Waals surface area contributed by atoms with E-state index in [2.05, 4.69) is 32.0 Å². The molecule has 0 radical (unpaired) electrons. The van der Waals surface area contributed by atoms with E-state index < -0.39 is 0 Å². The molecule has 2 aliphatic carbocycles. The lowest BCUT2D eigenvalue weighted by Gasteiger charge is -2.25. The van der Waals surface area contributed by atoms with Gasteiger partial charge in [0.25, 0.3) is 0 Å². The van der Waals surface area contributed by atoms with Gasteiger partial charge in [0, 0.05) is 13.0 Å². The average Bonchev–Trinajstić information content (AvgIpc) is 3.18. The minimum Gasteiger partial charge on any atom is -0.355 e. The molecule has 0 aliphatic heterocycles. The first kappa shape index (κ1) is 13.3. The van der Waals surface area contributed by atoms with E-state index >= 15 is 0 Å². The summed E-state index contributed by atoms with van der Waals surface area (Å²) in [6, 6.07) is 0. The standard InChI is InChI=1S/C14H21N5O/c20-12(9-11-5-1-2-6-11)15-10-14(7-3-4-8-14)13-16-18-19-17-13/h5H,1-4,6-10H2,(H,15,20)(H,16,17,18,19). The number of hydrogen-bond donors (Lipinski definition) is 2. The van der Waals surface area contributed by atoms with Gasteiger partial charge in [0.1, 0.15) is 0 Å². The molecule has 2 aliphatic rings. The summed E-state index contributed by atoms with van der Waals surface area (Å²) in [7, 11) is 0. The maximum Gasteiger partial charge on any atom is 0.224 e. The van der Waals surface area contributed by atoms with Gasteiger partial charge in [0.05, 0.1) is 5.41 Å². The molecule has 3 rings (SSSR count). The van der Waals surface area contributed by atoms with Crippen LogP contribution >= 0.6 is 0 Å². The van der Waals surface area contributed by atoms with Crippen LogP contribution in [0.1, 0.15) is 57.2 Å². The molecule has 6 nitrogen and oxygen atoms in total. The molecule has 1 saturated carbocycles. The SMILES string of the molecule is O=C(CC1=CCCC1)NCC1(c2nn[nH]n2)CCCC1. The number of tetrazole rings is 1. The van der Waals surface area contributed by atoms with Gasteiger partial charge in [-0.05, 0) is 32.1 Å². The monoisotopic (exact) mass is 275 g/mol. The van der Waals surface area contributed by atoms with E-state index in [1.165, 1.54) is 12.0 Å². The van der Waals surface area contributed by atoms with Gasteiger partial charge < -0.3 is 5.32 Å². The van der Waals surface area contributed by atoms with Crippen LogP contribution in [-0.4, -0.2) is 33.1 Å². The van der Waals surface area contributed by atoms with Gasteiger partial charge in [-0.25, -0.2) is 0 Å². The third-order valence-electron chi connectivity index (χ3n) is 4.53. The smallest absolute Gasteiger partial charge is 0.224 e. The highest BCUT2D eigenvalue weighted by Gasteiger charge is 2.39. The van der Waals surface area contributed by atoms with Crippen LogP contribution in [0.3, 0.4) is 0 Å².